The first-order valence-electron chi connectivity index (χ1n) is 9.66. The first kappa shape index (κ1) is 21.2. The highest BCUT2D eigenvalue weighted by atomic mass is 16.5. The maximum absolute atomic E-state index is 12.3. The molecule has 0 unspecified atom stereocenters. The number of benzene rings is 2. The Bertz CT molecular complexity index is 1070. The molecule has 0 aliphatic carbocycles. The lowest BCUT2D eigenvalue weighted by atomic mass is 10.1. The van der Waals surface area contributed by atoms with Crippen molar-refractivity contribution in [3.8, 4) is 11.5 Å². The van der Waals surface area contributed by atoms with Crippen LogP contribution >= 0.6 is 0 Å². The number of amides is 1. The Morgan fingerprint density at radius 3 is 2.50 bits per heavy atom. The van der Waals surface area contributed by atoms with E-state index in [1.807, 2.05) is 38.1 Å². The van der Waals surface area contributed by atoms with Crippen LogP contribution in [0.25, 0.3) is 10.9 Å². The molecule has 0 aliphatic heterocycles. The van der Waals surface area contributed by atoms with Crippen molar-refractivity contribution in [1.29, 1.82) is 0 Å². The summed E-state index contributed by atoms with van der Waals surface area (Å²) in [5.74, 6) is 0.379. The summed E-state index contributed by atoms with van der Waals surface area (Å²) in [5, 5.41) is 3.71. The van der Waals surface area contributed by atoms with Gasteiger partial charge in [0.1, 0.15) is 5.69 Å². The fourth-order valence-corrected chi connectivity index (χ4v) is 3.35. The monoisotopic (exact) mass is 410 g/mol. The van der Waals surface area contributed by atoms with E-state index in [2.05, 4.69) is 16.4 Å². The van der Waals surface area contributed by atoms with Gasteiger partial charge < -0.3 is 24.5 Å². The van der Waals surface area contributed by atoms with E-state index in [1.54, 1.807) is 20.3 Å². The zero-order valence-electron chi connectivity index (χ0n) is 17.6. The van der Waals surface area contributed by atoms with Crippen LogP contribution in [0.4, 0.5) is 0 Å². The Kier molecular flexibility index (Phi) is 6.61. The van der Waals surface area contributed by atoms with Crippen molar-refractivity contribution < 1.29 is 23.8 Å². The molecule has 1 heterocycles. The van der Waals surface area contributed by atoms with Crippen LogP contribution in [0.5, 0.6) is 11.5 Å². The third kappa shape index (κ3) is 4.92. The van der Waals surface area contributed by atoms with Crippen LogP contribution in [-0.4, -0.2) is 44.2 Å². The van der Waals surface area contributed by atoms with Crippen molar-refractivity contribution in [1.82, 2.24) is 10.3 Å². The highest BCUT2D eigenvalue weighted by Gasteiger charge is 2.14. The number of esters is 1. The van der Waals surface area contributed by atoms with Gasteiger partial charge in [-0.3, -0.25) is 4.79 Å². The number of aryl methyl sites for hydroxylation is 2. The Balaban J connectivity index is 1.49. The molecule has 3 rings (SSSR count). The van der Waals surface area contributed by atoms with Crippen molar-refractivity contribution in [3.05, 3.63) is 58.8 Å². The molecule has 30 heavy (non-hydrogen) atoms. The molecule has 3 aromatic rings. The van der Waals surface area contributed by atoms with Crippen LogP contribution in [0.2, 0.25) is 0 Å². The molecule has 2 N–H and O–H groups in total. The number of rotatable bonds is 8. The maximum Gasteiger partial charge on any atom is 0.355 e. The first-order chi connectivity index (χ1) is 14.4. The fraction of sp³-hybridized carbons (Fsp3) is 0.304. The molecule has 0 radical (unpaired) electrons. The number of nitrogens with one attached hydrogen (secondary N) is 2. The van der Waals surface area contributed by atoms with E-state index in [1.165, 1.54) is 0 Å². The van der Waals surface area contributed by atoms with Crippen LogP contribution in [-0.2, 0) is 16.0 Å². The van der Waals surface area contributed by atoms with Crippen LogP contribution in [0, 0.1) is 13.8 Å². The minimum atomic E-state index is -0.557. The molecular weight excluding hydrogens is 384 g/mol. The van der Waals surface area contributed by atoms with E-state index < -0.39 is 5.97 Å². The van der Waals surface area contributed by atoms with Gasteiger partial charge in [0.25, 0.3) is 5.91 Å². The molecule has 7 nitrogen and oxygen atoms in total. The SMILES string of the molecule is COc1ccc(CCNC(=O)COC(=O)c2cc3c(C)cc(C)cc3[nH]2)cc1OC. The first-order valence-corrected chi connectivity index (χ1v) is 9.66. The van der Waals surface area contributed by atoms with Crippen molar-refractivity contribution in [2.24, 2.45) is 0 Å². The Hall–Kier alpha value is -3.48. The van der Waals surface area contributed by atoms with E-state index in [9.17, 15) is 9.59 Å². The number of methoxy groups -OCH3 is 2. The highest BCUT2D eigenvalue weighted by molar-refractivity contribution is 5.96. The van der Waals surface area contributed by atoms with E-state index in [4.69, 9.17) is 14.2 Å². The summed E-state index contributed by atoms with van der Waals surface area (Å²) in [5.41, 5.74) is 4.38. The predicted molar refractivity (Wildman–Crippen MR) is 114 cm³/mol. The minimum absolute atomic E-state index is 0.330. The zero-order chi connectivity index (χ0) is 21.7. The predicted octanol–water partition coefficient (Wildman–Crippen LogP) is 3.32. The summed E-state index contributed by atoms with van der Waals surface area (Å²) in [6, 6.07) is 11.4. The number of hydrogen-bond donors (Lipinski definition) is 2. The number of H-pyrrole nitrogens is 1. The average Bonchev–Trinajstić information content (AvgIpc) is 3.16. The molecule has 7 heteroatoms. The fourth-order valence-electron chi connectivity index (χ4n) is 3.35. The molecule has 0 aliphatic rings. The Labute approximate surface area is 175 Å². The minimum Gasteiger partial charge on any atom is -0.493 e. The van der Waals surface area contributed by atoms with Gasteiger partial charge in [-0.05, 0) is 61.2 Å². The van der Waals surface area contributed by atoms with Gasteiger partial charge >= 0.3 is 5.97 Å². The topological polar surface area (TPSA) is 89.6 Å². The quantitative estimate of drug-likeness (QED) is 0.556. The van der Waals surface area contributed by atoms with Crippen molar-refractivity contribution in [3.63, 3.8) is 0 Å². The van der Waals surface area contributed by atoms with Gasteiger partial charge in [-0.25, -0.2) is 4.79 Å². The lowest BCUT2D eigenvalue weighted by Crippen LogP contribution is -2.30. The summed E-state index contributed by atoms with van der Waals surface area (Å²) in [6.45, 7) is 4.07. The lowest BCUT2D eigenvalue weighted by Gasteiger charge is -2.10. The zero-order valence-corrected chi connectivity index (χ0v) is 17.6. The molecule has 1 aromatic heterocycles. The molecule has 0 spiro atoms. The average molecular weight is 410 g/mol. The summed E-state index contributed by atoms with van der Waals surface area (Å²) in [7, 11) is 3.16. The third-order valence-electron chi connectivity index (χ3n) is 4.83. The van der Waals surface area contributed by atoms with Gasteiger partial charge in [-0.2, -0.15) is 0 Å². The highest BCUT2D eigenvalue weighted by Crippen LogP contribution is 2.27. The number of aromatic amines is 1. The third-order valence-corrected chi connectivity index (χ3v) is 4.83. The molecule has 0 saturated carbocycles. The van der Waals surface area contributed by atoms with Gasteiger partial charge in [-0.1, -0.05) is 12.1 Å². The van der Waals surface area contributed by atoms with E-state index in [0.29, 0.717) is 30.2 Å². The van der Waals surface area contributed by atoms with Crippen molar-refractivity contribution in [2.45, 2.75) is 20.3 Å². The smallest absolute Gasteiger partial charge is 0.355 e. The van der Waals surface area contributed by atoms with Gasteiger partial charge in [0.15, 0.2) is 18.1 Å². The molecular formula is C23H26N2O5. The molecule has 0 fully saturated rings. The molecule has 0 saturated heterocycles. The van der Waals surface area contributed by atoms with Gasteiger partial charge in [0.05, 0.1) is 14.2 Å². The van der Waals surface area contributed by atoms with Crippen LogP contribution < -0.4 is 14.8 Å². The normalized spacial score (nSPS) is 10.7. The lowest BCUT2D eigenvalue weighted by molar-refractivity contribution is -0.124. The molecule has 1 amide bonds. The van der Waals surface area contributed by atoms with Crippen molar-refractivity contribution in [2.75, 3.05) is 27.4 Å². The van der Waals surface area contributed by atoms with Crippen LogP contribution in [0.1, 0.15) is 27.2 Å². The van der Waals surface area contributed by atoms with Gasteiger partial charge in [0, 0.05) is 17.4 Å². The number of carbonyl (C=O) groups is 2. The number of ether oxygens (including phenoxy) is 3. The molecule has 2 aromatic carbocycles. The summed E-state index contributed by atoms with van der Waals surface area (Å²) in [4.78, 5) is 27.4. The van der Waals surface area contributed by atoms with E-state index in [0.717, 1.165) is 27.6 Å². The number of fused-ring (bicyclic) bond motifs is 1. The number of carbonyl (C=O) groups excluding carboxylic acids is 2. The van der Waals surface area contributed by atoms with Crippen LogP contribution in [0.3, 0.4) is 0 Å². The van der Waals surface area contributed by atoms with E-state index >= 15 is 0 Å². The summed E-state index contributed by atoms with van der Waals surface area (Å²) in [6.07, 6.45) is 0.612. The second-order valence-electron chi connectivity index (χ2n) is 7.09. The molecule has 158 valence electrons. The Morgan fingerprint density at radius 2 is 1.77 bits per heavy atom. The molecule has 0 bridgehead atoms. The standard InChI is InChI=1S/C23H26N2O5/c1-14-9-15(2)17-12-19(25-18(17)10-14)23(27)30-13-22(26)24-8-7-16-5-6-20(28-3)21(11-16)29-4/h5-6,9-12,25H,7-8,13H2,1-4H3,(H,24,26). The summed E-state index contributed by atoms with van der Waals surface area (Å²) >= 11 is 0. The summed E-state index contributed by atoms with van der Waals surface area (Å²) < 4.78 is 15.6. The second-order valence-corrected chi connectivity index (χ2v) is 7.09. The maximum atomic E-state index is 12.3. The van der Waals surface area contributed by atoms with Crippen molar-refractivity contribution >= 4 is 22.8 Å². The van der Waals surface area contributed by atoms with Gasteiger partial charge in [0.2, 0.25) is 0 Å². The van der Waals surface area contributed by atoms with Gasteiger partial charge in [-0.15, -0.1) is 0 Å². The second kappa shape index (κ2) is 9.35. The van der Waals surface area contributed by atoms with E-state index in [-0.39, 0.29) is 12.5 Å². The Morgan fingerprint density at radius 1 is 1.00 bits per heavy atom. The largest absolute Gasteiger partial charge is 0.493 e. The number of hydrogen-bond acceptors (Lipinski definition) is 5. The molecule has 0 atom stereocenters. The van der Waals surface area contributed by atoms with Crippen LogP contribution in [0.15, 0.2) is 36.4 Å². The number of aromatic nitrogens is 1.